The standard InChI is InChI=1S/C16H19N3O2S/c1-11-2-3-14(21-11)8-18-4-12-6-19(7-13(12)5-18)16(20)15-9-22-10-17-15/h2-3,9-10,12-13H,4-8H2,1H3. The maximum Gasteiger partial charge on any atom is 0.273 e. The molecule has 2 aliphatic rings. The summed E-state index contributed by atoms with van der Waals surface area (Å²) in [6.45, 7) is 6.66. The van der Waals surface area contributed by atoms with Gasteiger partial charge in [0.1, 0.15) is 17.2 Å². The van der Waals surface area contributed by atoms with Gasteiger partial charge in [-0.15, -0.1) is 11.3 Å². The van der Waals surface area contributed by atoms with Crippen LogP contribution in [-0.4, -0.2) is 46.9 Å². The zero-order valence-corrected chi connectivity index (χ0v) is 13.4. The van der Waals surface area contributed by atoms with Crippen molar-refractivity contribution in [3.05, 3.63) is 40.2 Å². The third kappa shape index (κ3) is 2.57. The van der Waals surface area contributed by atoms with Gasteiger partial charge in [0.2, 0.25) is 0 Å². The van der Waals surface area contributed by atoms with E-state index >= 15 is 0 Å². The number of nitrogens with zero attached hydrogens (tertiary/aromatic N) is 3. The number of aryl methyl sites for hydroxylation is 1. The molecular formula is C16H19N3O2S. The Morgan fingerprint density at radius 3 is 2.68 bits per heavy atom. The highest BCUT2D eigenvalue weighted by atomic mass is 32.1. The Hall–Kier alpha value is -1.66. The molecule has 0 radical (unpaired) electrons. The van der Waals surface area contributed by atoms with Crippen LogP contribution in [0.25, 0.3) is 0 Å². The second-order valence-corrected chi connectivity index (χ2v) is 7.03. The Balaban J connectivity index is 1.35. The molecule has 5 nitrogen and oxygen atoms in total. The number of hydrogen-bond acceptors (Lipinski definition) is 5. The summed E-state index contributed by atoms with van der Waals surface area (Å²) in [5.41, 5.74) is 2.31. The summed E-state index contributed by atoms with van der Waals surface area (Å²) in [6.07, 6.45) is 0. The number of rotatable bonds is 3. The van der Waals surface area contributed by atoms with Crippen LogP contribution in [0.2, 0.25) is 0 Å². The van der Waals surface area contributed by atoms with Gasteiger partial charge in [-0.05, 0) is 30.9 Å². The van der Waals surface area contributed by atoms with E-state index in [0.29, 0.717) is 17.5 Å². The van der Waals surface area contributed by atoms with Crippen LogP contribution in [-0.2, 0) is 6.54 Å². The van der Waals surface area contributed by atoms with Gasteiger partial charge in [0.25, 0.3) is 5.91 Å². The molecule has 0 aliphatic carbocycles. The first-order chi connectivity index (χ1) is 10.7. The number of carbonyl (C=O) groups excluding carboxylic acids is 1. The van der Waals surface area contributed by atoms with Crippen molar-refractivity contribution < 1.29 is 9.21 Å². The fraction of sp³-hybridized carbons (Fsp3) is 0.500. The summed E-state index contributed by atoms with van der Waals surface area (Å²) in [5.74, 6) is 3.25. The summed E-state index contributed by atoms with van der Waals surface area (Å²) in [7, 11) is 0. The average molecular weight is 317 g/mol. The topological polar surface area (TPSA) is 49.6 Å². The first kappa shape index (κ1) is 14.0. The molecule has 0 saturated carbocycles. The summed E-state index contributed by atoms with van der Waals surface area (Å²) < 4.78 is 5.66. The lowest BCUT2D eigenvalue weighted by Crippen LogP contribution is -2.33. The summed E-state index contributed by atoms with van der Waals surface area (Å²) in [4.78, 5) is 20.9. The van der Waals surface area contributed by atoms with E-state index in [1.54, 1.807) is 5.51 Å². The minimum atomic E-state index is 0.0869. The lowest BCUT2D eigenvalue weighted by atomic mass is 10.0. The van der Waals surface area contributed by atoms with Gasteiger partial charge in [0.15, 0.2) is 0 Å². The number of hydrogen-bond donors (Lipinski definition) is 0. The Bertz CT molecular complexity index is 653. The number of thiazole rings is 1. The second kappa shape index (κ2) is 5.52. The van der Waals surface area contributed by atoms with Crippen molar-refractivity contribution in [1.82, 2.24) is 14.8 Å². The number of fused-ring (bicyclic) bond motifs is 1. The average Bonchev–Trinajstić information content (AvgIpc) is 3.21. The van der Waals surface area contributed by atoms with Gasteiger partial charge >= 0.3 is 0 Å². The summed E-state index contributed by atoms with van der Waals surface area (Å²) in [6, 6.07) is 4.07. The molecule has 6 heteroatoms. The largest absolute Gasteiger partial charge is 0.465 e. The Morgan fingerprint density at radius 1 is 1.32 bits per heavy atom. The van der Waals surface area contributed by atoms with Gasteiger partial charge in [-0.1, -0.05) is 0 Å². The monoisotopic (exact) mass is 317 g/mol. The van der Waals surface area contributed by atoms with Gasteiger partial charge in [-0.3, -0.25) is 9.69 Å². The smallest absolute Gasteiger partial charge is 0.273 e. The van der Waals surface area contributed by atoms with Crippen molar-refractivity contribution in [2.24, 2.45) is 11.8 Å². The van der Waals surface area contributed by atoms with E-state index in [2.05, 4.69) is 16.0 Å². The van der Waals surface area contributed by atoms with Gasteiger partial charge in [0, 0.05) is 31.6 Å². The van der Waals surface area contributed by atoms with Crippen molar-refractivity contribution in [2.45, 2.75) is 13.5 Å². The molecule has 116 valence electrons. The second-order valence-electron chi connectivity index (χ2n) is 6.31. The molecule has 0 aromatic carbocycles. The van der Waals surface area contributed by atoms with Crippen molar-refractivity contribution in [3.8, 4) is 0 Å². The van der Waals surface area contributed by atoms with E-state index in [0.717, 1.165) is 44.2 Å². The molecule has 2 saturated heterocycles. The highest BCUT2D eigenvalue weighted by molar-refractivity contribution is 7.07. The molecule has 4 heterocycles. The molecule has 2 atom stereocenters. The Morgan fingerprint density at radius 2 is 2.09 bits per heavy atom. The van der Waals surface area contributed by atoms with Crippen molar-refractivity contribution in [3.63, 3.8) is 0 Å². The van der Waals surface area contributed by atoms with Gasteiger partial charge in [-0.25, -0.2) is 4.98 Å². The van der Waals surface area contributed by atoms with E-state index in [4.69, 9.17) is 4.42 Å². The molecule has 0 spiro atoms. The van der Waals surface area contributed by atoms with E-state index in [-0.39, 0.29) is 5.91 Å². The third-order valence-electron chi connectivity index (χ3n) is 4.68. The van der Waals surface area contributed by atoms with Crippen molar-refractivity contribution in [1.29, 1.82) is 0 Å². The maximum atomic E-state index is 12.4. The third-order valence-corrected chi connectivity index (χ3v) is 5.26. The van der Waals surface area contributed by atoms with Crippen molar-refractivity contribution in [2.75, 3.05) is 26.2 Å². The minimum absolute atomic E-state index is 0.0869. The predicted octanol–water partition coefficient (Wildman–Crippen LogP) is 2.25. The molecule has 0 bridgehead atoms. The lowest BCUT2D eigenvalue weighted by molar-refractivity contribution is 0.0767. The molecule has 2 aromatic heterocycles. The zero-order chi connectivity index (χ0) is 15.1. The van der Waals surface area contributed by atoms with Crippen LogP contribution in [0.1, 0.15) is 22.0 Å². The van der Waals surface area contributed by atoms with E-state index in [9.17, 15) is 4.79 Å². The van der Waals surface area contributed by atoms with Crippen LogP contribution in [0.5, 0.6) is 0 Å². The van der Waals surface area contributed by atoms with E-state index < -0.39 is 0 Å². The molecule has 2 fully saturated rings. The first-order valence-corrected chi connectivity index (χ1v) is 8.58. The predicted molar refractivity (Wildman–Crippen MR) is 83.7 cm³/mol. The zero-order valence-electron chi connectivity index (χ0n) is 12.6. The minimum Gasteiger partial charge on any atom is -0.465 e. The number of furan rings is 1. The molecular weight excluding hydrogens is 298 g/mol. The molecule has 1 amide bonds. The first-order valence-electron chi connectivity index (χ1n) is 7.64. The van der Waals surface area contributed by atoms with Crippen LogP contribution in [0.4, 0.5) is 0 Å². The fourth-order valence-corrected chi connectivity index (χ4v) is 4.18. The van der Waals surface area contributed by atoms with E-state index in [1.165, 1.54) is 11.3 Å². The Labute approximate surface area is 133 Å². The molecule has 2 unspecified atom stereocenters. The normalized spacial score (nSPS) is 24.9. The molecule has 4 rings (SSSR count). The SMILES string of the molecule is Cc1ccc(CN2CC3CN(C(=O)c4cscn4)CC3C2)o1. The van der Waals surface area contributed by atoms with Gasteiger partial charge < -0.3 is 9.32 Å². The number of aromatic nitrogens is 1. The molecule has 0 N–H and O–H groups in total. The van der Waals surface area contributed by atoms with Gasteiger partial charge in [-0.2, -0.15) is 0 Å². The van der Waals surface area contributed by atoms with Crippen LogP contribution in [0.3, 0.4) is 0 Å². The maximum absolute atomic E-state index is 12.4. The highest BCUT2D eigenvalue weighted by Gasteiger charge is 2.42. The fourth-order valence-electron chi connectivity index (χ4n) is 3.66. The summed E-state index contributed by atoms with van der Waals surface area (Å²) in [5, 5.41) is 1.84. The summed E-state index contributed by atoms with van der Waals surface area (Å²) >= 11 is 1.47. The quantitative estimate of drug-likeness (QED) is 0.871. The molecule has 22 heavy (non-hydrogen) atoms. The number of likely N-dealkylation sites (tertiary alicyclic amines) is 2. The van der Waals surface area contributed by atoms with Crippen molar-refractivity contribution >= 4 is 17.2 Å². The molecule has 2 aromatic rings. The number of amides is 1. The number of carbonyl (C=O) groups is 1. The Kier molecular flexibility index (Phi) is 3.50. The van der Waals surface area contributed by atoms with Crippen LogP contribution < -0.4 is 0 Å². The van der Waals surface area contributed by atoms with Crippen LogP contribution in [0, 0.1) is 18.8 Å². The van der Waals surface area contributed by atoms with Gasteiger partial charge in [0.05, 0.1) is 12.1 Å². The lowest BCUT2D eigenvalue weighted by Gasteiger charge is -2.20. The molecule has 2 aliphatic heterocycles. The highest BCUT2D eigenvalue weighted by Crippen LogP contribution is 2.32. The van der Waals surface area contributed by atoms with Crippen LogP contribution >= 0.6 is 11.3 Å². The van der Waals surface area contributed by atoms with Crippen LogP contribution in [0.15, 0.2) is 27.4 Å². The van der Waals surface area contributed by atoms with E-state index in [1.807, 2.05) is 23.3 Å².